The van der Waals surface area contributed by atoms with Crippen molar-refractivity contribution in [2.24, 2.45) is 0 Å². The quantitative estimate of drug-likeness (QED) is 0.239. The maximum absolute atomic E-state index is 13.7. The van der Waals surface area contributed by atoms with Crippen molar-refractivity contribution in [2.75, 3.05) is 7.11 Å². The first-order valence-corrected chi connectivity index (χ1v) is 13.1. The minimum absolute atomic E-state index is 0.191. The lowest BCUT2D eigenvalue weighted by molar-refractivity contribution is -0.274. The lowest BCUT2D eigenvalue weighted by Gasteiger charge is -2.34. The Kier molecular flexibility index (Phi) is 7.19. The Hall–Kier alpha value is -4.47. The lowest BCUT2D eigenvalue weighted by Crippen LogP contribution is -2.46. The predicted molar refractivity (Wildman–Crippen MR) is 145 cm³/mol. The maximum Gasteiger partial charge on any atom is 0.573 e. The van der Waals surface area contributed by atoms with Crippen LogP contribution in [-0.4, -0.2) is 40.5 Å². The molecule has 0 bridgehead atoms. The van der Waals surface area contributed by atoms with Crippen LogP contribution in [0.25, 0.3) is 10.9 Å². The van der Waals surface area contributed by atoms with E-state index in [1.165, 1.54) is 25.3 Å². The summed E-state index contributed by atoms with van der Waals surface area (Å²) in [6.07, 6.45) is -3.69. The molecule has 1 atom stereocenters. The molecule has 1 aliphatic heterocycles. The summed E-state index contributed by atoms with van der Waals surface area (Å²) >= 11 is 0. The van der Waals surface area contributed by atoms with Gasteiger partial charge in [0.15, 0.2) is 5.78 Å². The number of carbonyl (C=O) groups is 2. The molecule has 7 nitrogen and oxygen atoms in total. The second-order valence-electron chi connectivity index (χ2n) is 10.0. The molecular weight excluding hydrogens is 539 g/mol. The van der Waals surface area contributed by atoms with Crippen LogP contribution in [0.15, 0.2) is 60.7 Å². The lowest BCUT2D eigenvalue weighted by atomic mass is 9.88. The number of benzene rings is 3. The zero-order valence-electron chi connectivity index (χ0n) is 22.7. The van der Waals surface area contributed by atoms with Crippen LogP contribution in [0.5, 0.6) is 17.2 Å². The van der Waals surface area contributed by atoms with Crippen molar-refractivity contribution in [3.8, 4) is 17.2 Å². The number of ketones is 1. The number of alkyl halides is 3. The molecule has 1 aliphatic rings. The zero-order chi connectivity index (χ0) is 29.5. The normalized spacial score (nSPS) is 16.6. The molecule has 41 heavy (non-hydrogen) atoms. The molecule has 0 spiro atoms. The van der Waals surface area contributed by atoms with Crippen molar-refractivity contribution < 1.29 is 42.1 Å². The number of methoxy groups -OCH3 is 1. The van der Waals surface area contributed by atoms with E-state index >= 15 is 0 Å². The van der Waals surface area contributed by atoms with E-state index in [0.29, 0.717) is 58.5 Å². The van der Waals surface area contributed by atoms with Gasteiger partial charge in [0.05, 0.1) is 18.2 Å². The first-order valence-electron chi connectivity index (χ1n) is 13.1. The highest BCUT2D eigenvalue weighted by Crippen LogP contribution is 2.38. The van der Waals surface area contributed by atoms with Crippen molar-refractivity contribution in [3.63, 3.8) is 0 Å². The van der Waals surface area contributed by atoms with Crippen LogP contribution in [0.1, 0.15) is 52.5 Å². The molecule has 0 unspecified atom stereocenters. The van der Waals surface area contributed by atoms with Crippen molar-refractivity contribution in [3.05, 3.63) is 88.6 Å². The van der Waals surface area contributed by atoms with Crippen molar-refractivity contribution in [1.82, 2.24) is 4.57 Å². The topological polar surface area (TPSA) is 87.0 Å². The van der Waals surface area contributed by atoms with E-state index in [2.05, 4.69) is 4.74 Å². The SMILES string of the molecule is CC[C@@]1(C(=O)O)CCc2ccc(Cn3c(C)c(C(=O)c4ccc(OC)cc4)c4ccc(OC(F)(F)F)cc43)cc2O1. The van der Waals surface area contributed by atoms with Crippen LogP contribution in [0.3, 0.4) is 0 Å². The average Bonchev–Trinajstić information content (AvgIpc) is 3.21. The third-order valence-corrected chi connectivity index (χ3v) is 7.65. The number of carboxylic acids is 1. The molecule has 10 heteroatoms. The number of ether oxygens (including phenoxy) is 3. The Bertz CT molecular complexity index is 1640. The minimum Gasteiger partial charge on any atom is -0.497 e. The van der Waals surface area contributed by atoms with E-state index in [-0.39, 0.29) is 12.3 Å². The molecule has 214 valence electrons. The first kappa shape index (κ1) is 28.1. The predicted octanol–water partition coefficient (Wildman–Crippen LogP) is 6.69. The van der Waals surface area contributed by atoms with Gasteiger partial charge in [0, 0.05) is 35.7 Å². The van der Waals surface area contributed by atoms with Crippen molar-refractivity contribution in [2.45, 2.75) is 51.6 Å². The van der Waals surface area contributed by atoms with E-state index in [9.17, 15) is 27.9 Å². The highest BCUT2D eigenvalue weighted by molar-refractivity contribution is 6.17. The molecule has 0 radical (unpaired) electrons. The van der Waals surface area contributed by atoms with Crippen LogP contribution >= 0.6 is 0 Å². The number of hydrogen-bond acceptors (Lipinski definition) is 5. The number of hydrogen-bond donors (Lipinski definition) is 1. The van der Waals surface area contributed by atoms with Gasteiger partial charge in [-0.05, 0) is 73.4 Å². The zero-order valence-corrected chi connectivity index (χ0v) is 22.7. The number of carbonyl (C=O) groups excluding carboxylic acids is 1. The number of rotatable bonds is 8. The summed E-state index contributed by atoms with van der Waals surface area (Å²) in [5.74, 6) is -0.680. The largest absolute Gasteiger partial charge is 0.573 e. The fourth-order valence-electron chi connectivity index (χ4n) is 5.36. The Morgan fingerprint density at radius 3 is 2.39 bits per heavy atom. The number of carboxylic acid groups (broad SMARTS) is 1. The van der Waals surface area contributed by atoms with Gasteiger partial charge in [-0.1, -0.05) is 19.1 Å². The summed E-state index contributed by atoms with van der Waals surface area (Å²) in [7, 11) is 1.52. The Morgan fingerprint density at radius 2 is 1.76 bits per heavy atom. The Morgan fingerprint density at radius 1 is 1.05 bits per heavy atom. The van der Waals surface area contributed by atoms with E-state index in [0.717, 1.165) is 11.1 Å². The monoisotopic (exact) mass is 567 g/mol. The van der Waals surface area contributed by atoms with Crippen LogP contribution in [0, 0.1) is 6.92 Å². The highest BCUT2D eigenvalue weighted by atomic mass is 19.4. The molecule has 0 saturated carbocycles. The standard InChI is InChI=1S/C31H28F3NO6/c1-4-30(29(37)38)14-13-20-6-5-19(15-26(20)41-30)17-35-18(2)27(28(36)21-7-9-22(39-3)10-8-21)24-12-11-23(16-25(24)35)40-31(32,33)34/h5-12,15-16H,4,13-14,17H2,1-3H3,(H,37,38)/t30-/m0/s1. The van der Waals surface area contributed by atoms with Gasteiger partial charge in [-0.25, -0.2) is 4.79 Å². The van der Waals surface area contributed by atoms with Gasteiger partial charge in [0.1, 0.15) is 17.2 Å². The molecule has 5 rings (SSSR count). The summed E-state index contributed by atoms with van der Waals surface area (Å²) in [6.45, 7) is 3.69. The van der Waals surface area contributed by atoms with Gasteiger partial charge in [-0.2, -0.15) is 0 Å². The summed E-state index contributed by atoms with van der Waals surface area (Å²) in [6, 6.07) is 16.0. The second-order valence-corrected chi connectivity index (χ2v) is 10.0. The van der Waals surface area contributed by atoms with E-state index in [1.807, 2.05) is 12.1 Å². The molecule has 1 aromatic heterocycles. The molecule has 0 saturated heterocycles. The van der Waals surface area contributed by atoms with Crippen LogP contribution in [0.4, 0.5) is 13.2 Å². The van der Waals surface area contributed by atoms with Crippen LogP contribution < -0.4 is 14.2 Å². The molecule has 0 fully saturated rings. The smallest absolute Gasteiger partial charge is 0.497 e. The van der Waals surface area contributed by atoms with Crippen molar-refractivity contribution >= 4 is 22.7 Å². The third-order valence-electron chi connectivity index (χ3n) is 7.65. The third kappa shape index (κ3) is 5.33. The van der Waals surface area contributed by atoms with Gasteiger partial charge in [-0.3, -0.25) is 4.79 Å². The second kappa shape index (κ2) is 10.5. The fourth-order valence-corrected chi connectivity index (χ4v) is 5.36. The Balaban J connectivity index is 1.59. The molecule has 2 heterocycles. The van der Waals surface area contributed by atoms with Gasteiger partial charge in [-0.15, -0.1) is 13.2 Å². The van der Waals surface area contributed by atoms with Crippen molar-refractivity contribution in [1.29, 1.82) is 0 Å². The number of halogens is 3. The molecule has 4 aromatic rings. The molecule has 3 aromatic carbocycles. The molecule has 0 aliphatic carbocycles. The summed E-state index contributed by atoms with van der Waals surface area (Å²) in [5.41, 5.74) is 1.98. The summed E-state index contributed by atoms with van der Waals surface area (Å²) in [4.78, 5) is 25.7. The fraction of sp³-hybridized carbons (Fsp3) is 0.290. The van der Waals surface area contributed by atoms with Gasteiger partial charge >= 0.3 is 12.3 Å². The molecule has 1 N–H and O–H groups in total. The number of nitrogens with zero attached hydrogens (tertiary/aromatic N) is 1. The van der Waals surface area contributed by atoms with E-state index in [1.54, 1.807) is 48.7 Å². The summed E-state index contributed by atoms with van der Waals surface area (Å²) in [5, 5.41) is 10.3. The molecular formula is C31H28F3NO6. The average molecular weight is 568 g/mol. The first-order chi connectivity index (χ1) is 19.4. The van der Waals surface area contributed by atoms with E-state index < -0.39 is 23.7 Å². The van der Waals surface area contributed by atoms with Gasteiger partial charge in [0.2, 0.25) is 5.60 Å². The number of aliphatic carboxylic acids is 1. The Labute approximate surface area is 234 Å². The van der Waals surface area contributed by atoms with Crippen LogP contribution in [0.2, 0.25) is 0 Å². The maximum atomic E-state index is 13.7. The highest BCUT2D eigenvalue weighted by Gasteiger charge is 2.42. The van der Waals surface area contributed by atoms with Gasteiger partial charge in [0.25, 0.3) is 0 Å². The van der Waals surface area contributed by atoms with E-state index in [4.69, 9.17) is 9.47 Å². The minimum atomic E-state index is -4.88. The number of aromatic nitrogens is 1. The molecule has 0 amide bonds. The van der Waals surface area contributed by atoms with Crippen LogP contribution in [-0.2, 0) is 17.8 Å². The summed E-state index contributed by atoms with van der Waals surface area (Å²) < 4.78 is 56.3. The van der Waals surface area contributed by atoms with Gasteiger partial charge < -0.3 is 23.9 Å². The number of aryl methyl sites for hydroxylation is 1. The number of fused-ring (bicyclic) bond motifs is 2.